The molecule has 0 atom stereocenters. The number of aryl methyl sites for hydroxylation is 1. The van der Waals surface area contributed by atoms with Gasteiger partial charge >= 0.3 is 0 Å². The monoisotopic (exact) mass is 218 g/mol. The fourth-order valence-corrected chi connectivity index (χ4v) is 2.26. The molecule has 0 amide bonds. The van der Waals surface area contributed by atoms with E-state index < -0.39 is 0 Å². The molecule has 86 valence electrons. The number of hydrogen-bond acceptors (Lipinski definition) is 3. The highest BCUT2D eigenvalue weighted by atomic mass is 16.1. The summed E-state index contributed by atoms with van der Waals surface area (Å²) in [5.41, 5.74) is 2.37. The molecule has 0 radical (unpaired) electrons. The molecule has 0 N–H and O–H groups in total. The highest BCUT2D eigenvalue weighted by molar-refractivity contribution is 5.78. The van der Waals surface area contributed by atoms with E-state index in [2.05, 4.69) is 22.9 Å². The number of nitrogens with zero attached hydrogens (tertiary/aromatic N) is 2. The number of pyridine rings is 1. The van der Waals surface area contributed by atoms with E-state index in [0.29, 0.717) is 5.78 Å². The number of carbonyl (C=O) groups is 1. The minimum absolute atomic E-state index is 0.272. The van der Waals surface area contributed by atoms with Crippen molar-refractivity contribution in [2.45, 2.75) is 26.7 Å². The topological polar surface area (TPSA) is 33.2 Å². The van der Waals surface area contributed by atoms with Crippen LogP contribution in [-0.2, 0) is 4.79 Å². The van der Waals surface area contributed by atoms with Crippen molar-refractivity contribution >= 4 is 11.5 Å². The van der Waals surface area contributed by atoms with Crippen molar-refractivity contribution in [1.29, 1.82) is 0 Å². The normalized spacial score (nSPS) is 17.5. The van der Waals surface area contributed by atoms with Gasteiger partial charge in [0.1, 0.15) is 5.78 Å². The lowest BCUT2D eigenvalue weighted by Crippen LogP contribution is -2.35. The van der Waals surface area contributed by atoms with Gasteiger partial charge in [-0.25, -0.2) is 0 Å². The molecular weight excluding hydrogens is 200 g/mol. The lowest BCUT2D eigenvalue weighted by Gasteiger charge is -2.32. The Kier molecular flexibility index (Phi) is 3.22. The van der Waals surface area contributed by atoms with Gasteiger partial charge in [0.25, 0.3) is 0 Å². The summed E-state index contributed by atoms with van der Waals surface area (Å²) in [6.07, 6.45) is 5.72. The van der Waals surface area contributed by atoms with Crippen LogP contribution in [0.3, 0.4) is 0 Å². The Morgan fingerprint density at radius 1 is 1.38 bits per heavy atom. The van der Waals surface area contributed by atoms with Gasteiger partial charge < -0.3 is 4.90 Å². The van der Waals surface area contributed by atoms with Crippen LogP contribution in [0.5, 0.6) is 0 Å². The summed E-state index contributed by atoms with van der Waals surface area (Å²) in [6.45, 7) is 5.69. The van der Waals surface area contributed by atoms with Crippen molar-refractivity contribution in [3.63, 3.8) is 0 Å². The first-order chi connectivity index (χ1) is 7.66. The van der Waals surface area contributed by atoms with Crippen molar-refractivity contribution in [2.24, 2.45) is 5.92 Å². The second kappa shape index (κ2) is 4.64. The van der Waals surface area contributed by atoms with Gasteiger partial charge in [-0.1, -0.05) is 0 Å². The van der Waals surface area contributed by atoms with Crippen LogP contribution in [0, 0.1) is 12.8 Å². The Morgan fingerprint density at radius 3 is 2.62 bits per heavy atom. The standard InChI is InChI=1S/C13H18N2O/c1-10-7-13(9-14-8-10)15-5-3-12(4-6-15)11(2)16/h7-9,12H,3-6H2,1-2H3. The number of hydrogen-bond donors (Lipinski definition) is 0. The lowest BCUT2D eigenvalue weighted by atomic mass is 9.93. The Morgan fingerprint density at radius 2 is 2.06 bits per heavy atom. The van der Waals surface area contributed by atoms with Gasteiger partial charge in [0, 0.05) is 25.2 Å². The highest BCUT2D eigenvalue weighted by Gasteiger charge is 2.22. The van der Waals surface area contributed by atoms with Gasteiger partial charge in [-0.2, -0.15) is 0 Å². The molecule has 2 rings (SSSR count). The molecule has 0 saturated carbocycles. The number of carbonyl (C=O) groups excluding carboxylic acids is 1. The molecule has 1 aliphatic heterocycles. The zero-order valence-corrected chi connectivity index (χ0v) is 9.94. The number of piperidine rings is 1. The number of Topliss-reactive ketones (excluding diaryl/α,β-unsaturated/α-hetero) is 1. The fraction of sp³-hybridized carbons (Fsp3) is 0.538. The molecule has 0 spiro atoms. The van der Waals surface area contributed by atoms with Gasteiger partial charge in [-0.15, -0.1) is 0 Å². The maximum absolute atomic E-state index is 11.3. The first-order valence-electron chi connectivity index (χ1n) is 5.84. The summed E-state index contributed by atoms with van der Waals surface area (Å²) in [5.74, 6) is 0.607. The predicted molar refractivity (Wildman–Crippen MR) is 64.6 cm³/mol. The van der Waals surface area contributed by atoms with Crippen LogP contribution < -0.4 is 4.90 Å². The predicted octanol–water partition coefficient (Wildman–Crippen LogP) is 2.20. The zero-order chi connectivity index (χ0) is 11.5. The van der Waals surface area contributed by atoms with Gasteiger partial charge in [0.2, 0.25) is 0 Å². The second-order valence-electron chi connectivity index (χ2n) is 4.59. The molecule has 1 saturated heterocycles. The van der Waals surface area contributed by atoms with Gasteiger partial charge in [-0.3, -0.25) is 9.78 Å². The fourth-order valence-electron chi connectivity index (χ4n) is 2.26. The first kappa shape index (κ1) is 11.1. The van der Waals surface area contributed by atoms with Crippen molar-refractivity contribution in [1.82, 2.24) is 4.98 Å². The van der Waals surface area contributed by atoms with Gasteiger partial charge in [-0.05, 0) is 38.3 Å². The molecule has 0 unspecified atom stereocenters. The van der Waals surface area contributed by atoms with Crippen LogP contribution in [0.25, 0.3) is 0 Å². The second-order valence-corrected chi connectivity index (χ2v) is 4.59. The van der Waals surface area contributed by atoms with E-state index in [9.17, 15) is 4.79 Å². The minimum Gasteiger partial charge on any atom is -0.370 e. The number of ketones is 1. The van der Waals surface area contributed by atoms with E-state index in [-0.39, 0.29) is 5.92 Å². The van der Waals surface area contributed by atoms with E-state index in [4.69, 9.17) is 0 Å². The van der Waals surface area contributed by atoms with Crippen LogP contribution >= 0.6 is 0 Å². The van der Waals surface area contributed by atoms with E-state index in [1.807, 2.05) is 12.4 Å². The average Bonchev–Trinajstić information content (AvgIpc) is 2.29. The third-order valence-corrected chi connectivity index (χ3v) is 3.30. The third kappa shape index (κ3) is 2.40. The summed E-state index contributed by atoms with van der Waals surface area (Å²) in [4.78, 5) is 17.8. The summed E-state index contributed by atoms with van der Waals surface area (Å²) < 4.78 is 0. The molecule has 0 bridgehead atoms. The van der Waals surface area contributed by atoms with Gasteiger partial charge in [0.15, 0.2) is 0 Å². The molecule has 2 heterocycles. The van der Waals surface area contributed by atoms with Crippen molar-refractivity contribution < 1.29 is 4.79 Å². The molecule has 3 heteroatoms. The van der Waals surface area contributed by atoms with Crippen molar-refractivity contribution in [3.8, 4) is 0 Å². The Balaban J connectivity index is 2.01. The molecule has 1 aliphatic rings. The summed E-state index contributed by atoms with van der Waals surface area (Å²) in [6, 6.07) is 2.15. The van der Waals surface area contributed by atoms with E-state index in [1.165, 1.54) is 11.3 Å². The van der Waals surface area contributed by atoms with Crippen LogP contribution in [-0.4, -0.2) is 23.9 Å². The van der Waals surface area contributed by atoms with E-state index in [0.717, 1.165) is 25.9 Å². The molecule has 1 aromatic heterocycles. The Bertz CT molecular complexity index is 381. The van der Waals surface area contributed by atoms with E-state index in [1.54, 1.807) is 6.92 Å². The number of aromatic nitrogens is 1. The van der Waals surface area contributed by atoms with E-state index >= 15 is 0 Å². The molecular formula is C13H18N2O. The SMILES string of the molecule is CC(=O)C1CCN(c2cncc(C)c2)CC1. The summed E-state index contributed by atoms with van der Waals surface area (Å²) in [7, 11) is 0. The molecule has 0 aliphatic carbocycles. The van der Waals surface area contributed by atoms with Crippen molar-refractivity contribution in [3.05, 3.63) is 24.0 Å². The molecule has 0 aromatic carbocycles. The number of rotatable bonds is 2. The lowest BCUT2D eigenvalue weighted by molar-refractivity contribution is -0.121. The number of anilines is 1. The quantitative estimate of drug-likeness (QED) is 0.763. The zero-order valence-electron chi connectivity index (χ0n) is 9.94. The minimum atomic E-state index is 0.272. The third-order valence-electron chi connectivity index (χ3n) is 3.30. The molecule has 1 fully saturated rings. The smallest absolute Gasteiger partial charge is 0.133 e. The maximum Gasteiger partial charge on any atom is 0.133 e. The molecule has 16 heavy (non-hydrogen) atoms. The Hall–Kier alpha value is -1.38. The Labute approximate surface area is 96.5 Å². The van der Waals surface area contributed by atoms with Crippen molar-refractivity contribution in [2.75, 3.05) is 18.0 Å². The summed E-state index contributed by atoms with van der Waals surface area (Å²) >= 11 is 0. The molecule has 3 nitrogen and oxygen atoms in total. The maximum atomic E-state index is 11.3. The van der Waals surface area contributed by atoms with Crippen LogP contribution in [0.1, 0.15) is 25.3 Å². The average molecular weight is 218 g/mol. The molecule has 1 aromatic rings. The first-order valence-corrected chi connectivity index (χ1v) is 5.84. The van der Waals surface area contributed by atoms with Crippen LogP contribution in [0.15, 0.2) is 18.5 Å². The van der Waals surface area contributed by atoms with Crippen LogP contribution in [0.4, 0.5) is 5.69 Å². The summed E-state index contributed by atoms with van der Waals surface area (Å²) in [5, 5.41) is 0. The highest BCUT2D eigenvalue weighted by Crippen LogP contribution is 2.23. The van der Waals surface area contributed by atoms with Crippen LogP contribution in [0.2, 0.25) is 0 Å². The van der Waals surface area contributed by atoms with Gasteiger partial charge in [0.05, 0.1) is 11.9 Å². The largest absolute Gasteiger partial charge is 0.370 e.